The molecule has 2 N–H and O–H groups in total. The van der Waals surface area contributed by atoms with Crippen molar-refractivity contribution >= 4 is 39.2 Å². The van der Waals surface area contributed by atoms with Crippen molar-refractivity contribution < 1.29 is 19.6 Å². The molecule has 0 saturated heterocycles. The Morgan fingerprint density at radius 1 is 1.42 bits per heavy atom. The second-order valence-electron chi connectivity index (χ2n) is 4.31. The minimum Gasteiger partial charge on any atom is -0.480 e. The number of nitrogens with zero attached hydrogens (tertiary/aromatic N) is 1. The number of nitro benzene ring substituents is 1. The van der Waals surface area contributed by atoms with Crippen LogP contribution in [0, 0.1) is 15.5 Å². The van der Waals surface area contributed by atoms with Crippen molar-refractivity contribution in [3.8, 4) is 0 Å². The van der Waals surface area contributed by atoms with Gasteiger partial charge in [-0.1, -0.05) is 0 Å². The number of carboxylic acids is 1. The summed E-state index contributed by atoms with van der Waals surface area (Å²) in [7, 11) is 0. The van der Waals surface area contributed by atoms with Crippen molar-refractivity contribution in [2.45, 2.75) is 13.8 Å². The lowest BCUT2D eigenvalue weighted by molar-refractivity contribution is -0.384. The average molecular weight is 331 g/mol. The Morgan fingerprint density at radius 3 is 2.42 bits per heavy atom. The lowest BCUT2D eigenvalue weighted by Gasteiger charge is -2.18. The van der Waals surface area contributed by atoms with Crippen LogP contribution in [0.1, 0.15) is 13.8 Å². The molecule has 0 fully saturated rings. The summed E-state index contributed by atoms with van der Waals surface area (Å²) in [5.74, 6) is -1.97. The van der Waals surface area contributed by atoms with Crippen molar-refractivity contribution in [2.24, 2.45) is 5.41 Å². The van der Waals surface area contributed by atoms with Crippen LogP contribution >= 0.6 is 15.9 Å². The number of nitro groups is 1. The molecule has 0 bridgehead atoms. The Bertz CT molecular complexity index is 556. The van der Waals surface area contributed by atoms with Crippen LogP contribution in [0.15, 0.2) is 22.7 Å². The predicted octanol–water partition coefficient (Wildman–Crippen LogP) is 2.41. The number of nitrogens with one attached hydrogen (secondary N) is 1. The number of non-ortho nitro benzene ring substituents is 1. The topological polar surface area (TPSA) is 110 Å². The predicted molar refractivity (Wildman–Crippen MR) is 70.8 cm³/mol. The number of halogens is 1. The van der Waals surface area contributed by atoms with E-state index < -0.39 is 22.2 Å². The molecule has 0 spiro atoms. The number of rotatable bonds is 4. The van der Waals surface area contributed by atoms with Crippen LogP contribution < -0.4 is 5.32 Å². The minimum absolute atomic E-state index is 0.137. The van der Waals surface area contributed by atoms with Gasteiger partial charge in [-0.2, -0.15) is 0 Å². The Labute approximate surface area is 116 Å². The molecule has 0 unspecified atom stereocenters. The van der Waals surface area contributed by atoms with Gasteiger partial charge < -0.3 is 10.4 Å². The van der Waals surface area contributed by atoms with Gasteiger partial charge >= 0.3 is 5.97 Å². The summed E-state index contributed by atoms with van der Waals surface area (Å²) >= 11 is 3.08. The summed E-state index contributed by atoms with van der Waals surface area (Å²) in [6.07, 6.45) is 0. The summed E-state index contributed by atoms with van der Waals surface area (Å²) in [6.45, 7) is 2.54. The molecule has 0 radical (unpaired) electrons. The zero-order chi connectivity index (χ0) is 14.8. The second-order valence-corrected chi connectivity index (χ2v) is 5.16. The SMILES string of the molecule is CC(C)(C(=O)O)C(=O)Nc1ccc([N+](=O)[O-])cc1Br. The van der Waals surface area contributed by atoms with Crippen LogP contribution in [-0.2, 0) is 9.59 Å². The summed E-state index contributed by atoms with van der Waals surface area (Å²) in [5, 5.41) is 21.9. The molecule has 1 rings (SSSR count). The van der Waals surface area contributed by atoms with E-state index in [9.17, 15) is 19.7 Å². The zero-order valence-electron chi connectivity index (χ0n) is 10.1. The van der Waals surface area contributed by atoms with Gasteiger partial charge in [0.05, 0.1) is 10.6 Å². The van der Waals surface area contributed by atoms with E-state index in [0.29, 0.717) is 4.47 Å². The summed E-state index contributed by atoms with van der Waals surface area (Å²) in [5.41, 5.74) is -1.46. The van der Waals surface area contributed by atoms with Crippen molar-refractivity contribution in [3.05, 3.63) is 32.8 Å². The van der Waals surface area contributed by atoms with Gasteiger partial charge in [0.25, 0.3) is 5.69 Å². The van der Waals surface area contributed by atoms with Gasteiger partial charge in [-0.3, -0.25) is 19.7 Å². The maximum Gasteiger partial charge on any atom is 0.318 e. The number of carboxylic acid groups (broad SMARTS) is 1. The molecular formula is C11H11BrN2O5. The molecule has 0 aliphatic heterocycles. The number of carbonyl (C=O) groups excluding carboxylic acids is 1. The van der Waals surface area contributed by atoms with E-state index in [1.807, 2.05) is 0 Å². The van der Waals surface area contributed by atoms with Gasteiger partial charge in [0.15, 0.2) is 0 Å². The van der Waals surface area contributed by atoms with Crippen molar-refractivity contribution in [1.82, 2.24) is 0 Å². The first-order valence-electron chi connectivity index (χ1n) is 5.15. The number of amides is 1. The van der Waals surface area contributed by atoms with Crippen molar-refractivity contribution in [3.63, 3.8) is 0 Å². The number of carbonyl (C=O) groups is 2. The highest BCUT2D eigenvalue weighted by Crippen LogP contribution is 2.28. The van der Waals surface area contributed by atoms with Gasteiger partial charge in [0.2, 0.25) is 5.91 Å². The van der Waals surface area contributed by atoms with Crippen molar-refractivity contribution in [2.75, 3.05) is 5.32 Å². The molecule has 0 aliphatic carbocycles. The van der Waals surface area contributed by atoms with Gasteiger partial charge in [0.1, 0.15) is 5.41 Å². The van der Waals surface area contributed by atoms with Crippen LogP contribution in [0.5, 0.6) is 0 Å². The van der Waals surface area contributed by atoms with E-state index in [1.54, 1.807) is 0 Å². The zero-order valence-corrected chi connectivity index (χ0v) is 11.7. The standard InChI is InChI=1S/C11H11BrN2O5/c1-11(2,10(16)17)9(15)13-8-4-3-6(14(18)19)5-7(8)12/h3-5H,1-2H3,(H,13,15)(H,16,17). The van der Waals surface area contributed by atoms with Crippen LogP contribution in [0.25, 0.3) is 0 Å². The maximum absolute atomic E-state index is 11.8. The fraction of sp³-hybridized carbons (Fsp3) is 0.273. The third-order valence-corrected chi connectivity index (χ3v) is 3.17. The van der Waals surface area contributed by atoms with E-state index >= 15 is 0 Å². The third kappa shape index (κ3) is 3.28. The van der Waals surface area contributed by atoms with Crippen LogP contribution in [-0.4, -0.2) is 21.9 Å². The quantitative estimate of drug-likeness (QED) is 0.500. The van der Waals surface area contributed by atoms with Crippen LogP contribution in [0.2, 0.25) is 0 Å². The molecule has 0 saturated carbocycles. The molecule has 8 heteroatoms. The largest absolute Gasteiger partial charge is 0.480 e. The summed E-state index contributed by atoms with van der Waals surface area (Å²) in [6, 6.07) is 3.77. The lowest BCUT2D eigenvalue weighted by Crippen LogP contribution is -2.37. The highest BCUT2D eigenvalue weighted by Gasteiger charge is 2.36. The first-order chi connectivity index (χ1) is 8.66. The lowest BCUT2D eigenvalue weighted by atomic mass is 9.92. The van der Waals surface area contributed by atoms with Crippen LogP contribution in [0.4, 0.5) is 11.4 Å². The Morgan fingerprint density at radius 2 is 2.00 bits per heavy atom. The first kappa shape index (κ1) is 15.1. The molecule has 102 valence electrons. The minimum atomic E-state index is -1.60. The number of anilines is 1. The molecule has 0 atom stereocenters. The number of benzene rings is 1. The molecule has 0 aromatic heterocycles. The van der Waals surface area contributed by atoms with Gasteiger partial charge in [-0.25, -0.2) is 0 Å². The van der Waals surface area contributed by atoms with E-state index in [4.69, 9.17) is 5.11 Å². The van der Waals surface area contributed by atoms with Crippen LogP contribution in [0.3, 0.4) is 0 Å². The Kier molecular flexibility index (Phi) is 4.25. The molecule has 7 nitrogen and oxygen atoms in total. The molecule has 0 aliphatic rings. The number of hydrogen-bond donors (Lipinski definition) is 2. The molecule has 1 aromatic rings. The smallest absolute Gasteiger partial charge is 0.318 e. The monoisotopic (exact) mass is 330 g/mol. The highest BCUT2D eigenvalue weighted by atomic mass is 79.9. The third-order valence-electron chi connectivity index (χ3n) is 2.51. The first-order valence-corrected chi connectivity index (χ1v) is 5.94. The molecular weight excluding hydrogens is 320 g/mol. The molecule has 0 heterocycles. The second kappa shape index (κ2) is 5.35. The highest BCUT2D eigenvalue weighted by molar-refractivity contribution is 9.10. The van der Waals surface area contributed by atoms with E-state index in [0.717, 1.165) is 0 Å². The van der Waals surface area contributed by atoms with Gasteiger partial charge in [-0.05, 0) is 35.8 Å². The molecule has 19 heavy (non-hydrogen) atoms. The fourth-order valence-electron chi connectivity index (χ4n) is 1.09. The Balaban J connectivity index is 2.98. The maximum atomic E-state index is 11.8. The average Bonchev–Trinajstić information content (AvgIpc) is 2.30. The number of aliphatic carboxylic acids is 1. The van der Waals surface area contributed by atoms with Gasteiger partial charge in [-0.15, -0.1) is 0 Å². The van der Waals surface area contributed by atoms with Gasteiger partial charge in [0, 0.05) is 16.6 Å². The summed E-state index contributed by atoms with van der Waals surface area (Å²) in [4.78, 5) is 32.7. The molecule has 1 amide bonds. The fourth-order valence-corrected chi connectivity index (χ4v) is 1.56. The van der Waals surface area contributed by atoms with Crippen molar-refractivity contribution in [1.29, 1.82) is 0 Å². The summed E-state index contributed by atoms with van der Waals surface area (Å²) < 4.78 is 0.302. The number of hydrogen-bond acceptors (Lipinski definition) is 4. The molecule has 1 aromatic carbocycles. The van der Waals surface area contributed by atoms with E-state index in [-0.39, 0.29) is 11.4 Å². The van der Waals surface area contributed by atoms with E-state index in [2.05, 4.69) is 21.2 Å². The Hall–Kier alpha value is -1.96. The normalized spacial score (nSPS) is 10.9. The van der Waals surface area contributed by atoms with E-state index in [1.165, 1.54) is 32.0 Å².